The topological polar surface area (TPSA) is 97.0 Å². The number of anilines is 1. The quantitative estimate of drug-likeness (QED) is 0.429. The van der Waals surface area contributed by atoms with Gasteiger partial charge >= 0.3 is 0 Å². The van der Waals surface area contributed by atoms with E-state index in [0.717, 1.165) is 11.1 Å². The van der Waals surface area contributed by atoms with E-state index in [1.807, 2.05) is 48.2 Å². The van der Waals surface area contributed by atoms with Crippen LogP contribution in [0.3, 0.4) is 0 Å². The average Bonchev–Trinajstić information content (AvgIpc) is 3.40. The highest BCUT2D eigenvalue weighted by atomic mass is 79.9. The zero-order valence-corrected chi connectivity index (χ0v) is 17.6. The number of benzene rings is 1. The van der Waals surface area contributed by atoms with Crippen LogP contribution >= 0.6 is 15.9 Å². The third-order valence-electron chi connectivity index (χ3n) is 4.95. The first kappa shape index (κ1) is 18.5. The van der Waals surface area contributed by atoms with Crippen LogP contribution in [0.5, 0.6) is 0 Å². The van der Waals surface area contributed by atoms with E-state index in [9.17, 15) is 4.79 Å². The number of nitrogens with one attached hydrogen (secondary N) is 1. The van der Waals surface area contributed by atoms with Gasteiger partial charge in [0.05, 0.1) is 17.6 Å². The van der Waals surface area contributed by atoms with Crippen molar-refractivity contribution in [2.24, 2.45) is 0 Å². The Labute approximate surface area is 179 Å². The maximum atomic E-state index is 13.3. The van der Waals surface area contributed by atoms with E-state index < -0.39 is 0 Å². The third-order valence-corrected chi connectivity index (χ3v) is 5.52. The molecular weight excluding hydrogens is 448 g/mol. The number of fused-ring (bicyclic) bond motifs is 2. The molecule has 1 aromatic carbocycles. The van der Waals surface area contributed by atoms with Crippen LogP contribution in [0.1, 0.15) is 12.7 Å². The Kier molecular flexibility index (Phi) is 4.55. The molecule has 30 heavy (non-hydrogen) atoms. The number of hydrogen-bond acceptors (Lipinski definition) is 6. The van der Waals surface area contributed by atoms with Crippen molar-refractivity contribution in [3.63, 3.8) is 0 Å². The van der Waals surface area contributed by atoms with Crippen molar-refractivity contribution in [2.75, 3.05) is 11.4 Å². The van der Waals surface area contributed by atoms with Gasteiger partial charge in [0.25, 0.3) is 5.56 Å². The van der Waals surface area contributed by atoms with Gasteiger partial charge in [-0.05, 0) is 47.1 Å². The summed E-state index contributed by atoms with van der Waals surface area (Å²) in [7, 11) is 0. The monoisotopic (exact) mass is 464 g/mol. The summed E-state index contributed by atoms with van der Waals surface area (Å²) in [4.78, 5) is 24.0. The van der Waals surface area contributed by atoms with Crippen LogP contribution in [-0.2, 0) is 6.54 Å². The van der Waals surface area contributed by atoms with Crippen LogP contribution in [0.15, 0.2) is 64.4 Å². The van der Waals surface area contributed by atoms with E-state index in [1.54, 1.807) is 21.3 Å². The molecule has 10 heteroatoms. The van der Waals surface area contributed by atoms with Gasteiger partial charge < -0.3 is 4.90 Å². The molecule has 1 N–H and O–H groups in total. The lowest BCUT2D eigenvalue weighted by atomic mass is 10.3. The number of halogens is 1. The van der Waals surface area contributed by atoms with Crippen molar-refractivity contribution in [3.8, 4) is 5.69 Å². The van der Waals surface area contributed by atoms with Gasteiger partial charge in [0, 0.05) is 12.7 Å². The first-order chi connectivity index (χ1) is 14.7. The molecule has 0 fully saturated rings. The molecule has 4 aromatic heterocycles. The first-order valence-electron chi connectivity index (χ1n) is 9.41. The van der Waals surface area contributed by atoms with Gasteiger partial charge in [0.15, 0.2) is 11.5 Å². The zero-order chi connectivity index (χ0) is 20.7. The largest absolute Gasteiger partial charge is 0.349 e. The lowest BCUT2D eigenvalue weighted by Crippen LogP contribution is -2.32. The minimum absolute atomic E-state index is 0.121. The third kappa shape index (κ3) is 2.96. The Balaban J connectivity index is 1.69. The van der Waals surface area contributed by atoms with Crippen LogP contribution < -0.4 is 10.5 Å². The predicted molar refractivity (Wildman–Crippen MR) is 117 cm³/mol. The number of aromatic nitrogens is 7. The molecule has 4 heterocycles. The molecule has 9 nitrogen and oxygen atoms in total. The van der Waals surface area contributed by atoms with Crippen LogP contribution in [0.25, 0.3) is 22.2 Å². The predicted octanol–water partition coefficient (Wildman–Crippen LogP) is 2.94. The maximum absolute atomic E-state index is 13.3. The van der Waals surface area contributed by atoms with Gasteiger partial charge in [-0.15, -0.1) is 0 Å². The molecule has 0 amide bonds. The Morgan fingerprint density at radius 2 is 1.97 bits per heavy atom. The molecule has 0 aliphatic heterocycles. The number of aromatic amines is 1. The normalized spacial score (nSPS) is 11.4. The van der Waals surface area contributed by atoms with E-state index in [4.69, 9.17) is 5.10 Å². The summed E-state index contributed by atoms with van der Waals surface area (Å²) in [5.74, 6) is 1.31. The number of rotatable bonds is 5. The second-order valence-electron chi connectivity index (χ2n) is 6.68. The fraction of sp³-hybridized carbons (Fsp3) is 0.150. The maximum Gasteiger partial charge on any atom is 0.282 e. The highest BCUT2D eigenvalue weighted by molar-refractivity contribution is 9.10. The van der Waals surface area contributed by atoms with E-state index in [2.05, 4.69) is 36.1 Å². The lowest BCUT2D eigenvalue weighted by molar-refractivity contribution is 0.685. The molecule has 0 radical (unpaired) electrons. The van der Waals surface area contributed by atoms with Crippen molar-refractivity contribution in [3.05, 3.63) is 75.8 Å². The number of H-pyrrole nitrogens is 1. The van der Waals surface area contributed by atoms with Crippen LogP contribution in [0.4, 0.5) is 5.82 Å². The van der Waals surface area contributed by atoms with E-state index >= 15 is 0 Å². The summed E-state index contributed by atoms with van der Waals surface area (Å²) in [5.41, 5.74) is 1.74. The van der Waals surface area contributed by atoms with E-state index in [-0.39, 0.29) is 5.56 Å². The van der Waals surface area contributed by atoms with E-state index in [1.165, 1.54) is 6.33 Å². The molecule has 5 aromatic rings. The van der Waals surface area contributed by atoms with Crippen molar-refractivity contribution in [1.29, 1.82) is 0 Å². The molecule has 0 spiro atoms. The summed E-state index contributed by atoms with van der Waals surface area (Å²) >= 11 is 3.49. The van der Waals surface area contributed by atoms with Crippen molar-refractivity contribution < 1.29 is 0 Å². The average molecular weight is 465 g/mol. The molecule has 0 bridgehead atoms. The van der Waals surface area contributed by atoms with Crippen molar-refractivity contribution in [2.45, 2.75) is 13.5 Å². The minimum atomic E-state index is -0.121. The molecule has 150 valence electrons. The fourth-order valence-corrected chi connectivity index (χ4v) is 3.97. The summed E-state index contributed by atoms with van der Waals surface area (Å²) in [6, 6.07) is 13.1. The molecule has 0 aliphatic carbocycles. The molecule has 0 aliphatic rings. The van der Waals surface area contributed by atoms with Gasteiger partial charge in [-0.3, -0.25) is 14.5 Å². The van der Waals surface area contributed by atoms with Crippen LogP contribution in [0.2, 0.25) is 0 Å². The van der Waals surface area contributed by atoms with Gasteiger partial charge in [0.2, 0.25) is 0 Å². The highest BCUT2D eigenvalue weighted by Crippen LogP contribution is 2.29. The molecule has 0 unspecified atom stereocenters. The molecular formula is C20H17BrN8O. The second kappa shape index (κ2) is 7.38. The van der Waals surface area contributed by atoms with Gasteiger partial charge in [-0.25, -0.2) is 14.5 Å². The van der Waals surface area contributed by atoms with Gasteiger partial charge in [-0.2, -0.15) is 10.2 Å². The number of hydrogen-bond donors (Lipinski definition) is 1. The summed E-state index contributed by atoms with van der Waals surface area (Å²) in [6.45, 7) is 3.05. The summed E-state index contributed by atoms with van der Waals surface area (Å²) in [5, 5.41) is 12.6. The number of nitrogens with zero attached hydrogens (tertiary/aromatic N) is 7. The van der Waals surface area contributed by atoms with E-state index in [0.29, 0.717) is 40.5 Å². The lowest BCUT2D eigenvalue weighted by Gasteiger charge is -2.23. The smallest absolute Gasteiger partial charge is 0.282 e. The Hall–Kier alpha value is -3.53. The van der Waals surface area contributed by atoms with Crippen molar-refractivity contribution >= 4 is 38.3 Å². The highest BCUT2D eigenvalue weighted by Gasteiger charge is 2.20. The molecule has 0 saturated carbocycles. The van der Waals surface area contributed by atoms with Crippen LogP contribution in [-0.4, -0.2) is 40.9 Å². The fourth-order valence-electron chi connectivity index (χ4n) is 3.53. The van der Waals surface area contributed by atoms with Gasteiger partial charge in [-0.1, -0.05) is 18.2 Å². The molecule has 5 rings (SSSR count). The second-order valence-corrected chi connectivity index (χ2v) is 7.47. The standard InChI is InChI=1S/C20H17BrN8O/c1-2-27(19-16-17(21)24-25-18(16)22-12-23-19)11-15-26-28-10-6-9-14(28)20(30)29(15)13-7-4-3-5-8-13/h3-10,12H,2,11H2,1H3,(H,22,23,24,25). The summed E-state index contributed by atoms with van der Waals surface area (Å²) < 4.78 is 3.98. The molecule has 0 saturated heterocycles. The summed E-state index contributed by atoms with van der Waals surface area (Å²) in [6.07, 6.45) is 3.27. The van der Waals surface area contributed by atoms with Crippen LogP contribution in [0, 0.1) is 0 Å². The van der Waals surface area contributed by atoms with Gasteiger partial charge in [0.1, 0.15) is 22.3 Å². The Morgan fingerprint density at radius 1 is 1.13 bits per heavy atom. The first-order valence-corrected chi connectivity index (χ1v) is 10.2. The molecule has 0 atom stereocenters. The van der Waals surface area contributed by atoms with Crippen molar-refractivity contribution in [1.82, 2.24) is 34.3 Å². The SMILES string of the molecule is CCN(Cc1nn2cccc2c(=O)n1-c1ccccc1)c1ncnc2n[nH]c(Br)c12. The Bertz CT molecular complexity index is 1410. The minimum Gasteiger partial charge on any atom is -0.349 e. The Morgan fingerprint density at radius 3 is 2.77 bits per heavy atom. The number of para-hydroxylation sites is 1. The zero-order valence-electron chi connectivity index (χ0n) is 16.0.